The molecule has 0 fully saturated rings. The van der Waals surface area contributed by atoms with Crippen LogP contribution in [0.5, 0.6) is 11.5 Å². The number of rotatable bonds is 7. The molecule has 0 aliphatic heterocycles. The zero-order chi connectivity index (χ0) is 15.2. The number of nitrogens with zero attached hydrogens (tertiary/aromatic N) is 2. The van der Waals surface area contributed by atoms with Gasteiger partial charge in [-0.1, -0.05) is 18.1 Å². The maximum absolute atomic E-state index is 5.84. The highest BCUT2D eigenvalue weighted by Gasteiger charge is 2.13. The number of nitrogens with one attached hydrogen (secondary N) is 1. The van der Waals surface area contributed by atoms with Crippen LogP contribution in [0.25, 0.3) is 0 Å². The highest BCUT2D eigenvalue weighted by molar-refractivity contribution is 5.42. The van der Waals surface area contributed by atoms with Crippen LogP contribution in [0.3, 0.4) is 0 Å². The monoisotopic (exact) mass is 291 g/mol. The first-order valence-corrected chi connectivity index (χ1v) is 6.97. The van der Waals surface area contributed by atoms with E-state index in [1.54, 1.807) is 14.0 Å². The number of methoxy groups -OCH3 is 1. The first-order valence-electron chi connectivity index (χ1n) is 6.97. The highest BCUT2D eigenvalue weighted by atomic mass is 16.5. The quantitative estimate of drug-likeness (QED) is 0.845. The van der Waals surface area contributed by atoms with Crippen LogP contribution in [0.4, 0.5) is 0 Å². The molecule has 0 radical (unpaired) electrons. The van der Waals surface area contributed by atoms with Gasteiger partial charge in [-0.3, -0.25) is 0 Å². The lowest BCUT2D eigenvalue weighted by Crippen LogP contribution is -2.18. The van der Waals surface area contributed by atoms with Crippen molar-refractivity contribution in [2.45, 2.75) is 33.4 Å². The Morgan fingerprint density at radius 1 is 1.38 bits per heavy atom. The molecule has 6 heteroatoms. The minimum Gasteiger partial charge on any atom is -0.497 e. The highest BCUT2D eigenvalue weighted by Crippen LogP contribution is 2.30. The molecule has 2 rings (SSSR count). The predicted molar refractivity (Wildman–Crippen MR) is 78.5 cm³/mol. The van der Waals surface area contributed by atoms with E-state index in [-0.39, 0.29) is 12.6 Å². The smallest absolute Gasteiger partial charge is 0.223 e. The Morgan fingerprint density at radius 2 is 2.19 bits per heavy atom. The average Bonchev–Trinajstić information content (AvgIpc) is 2.90. The summed E-state index contributed by atoms with van der Waals surface area (Å²) in [5.74, 6) is 2.56. The van der Waals surface area contributed by atoms with Crippen LogP contribution in [0, 0.1) is 6.92 Å². The maximum Gasteiger partial charge on any atom is 0.223 e. The van der Waals surface area contributed by atoms with E-state index in [0.29, 0.717) is 11.7 Å². The van der Waals surface area contributed by atoms with E-state index < -0.39 is 0 Å². The normalized spacial score (nSPS) is 12.2. The molecule has 21 heavy (non-hydrogen) atoms. The summed E-state index contributed by atoms with van der Waals surface area (Å²) in [5.41, 5.74) is 1.07. The van der Waals surface area contributed by atoms with Gasteiger partial charge in [-0.2, -0.15) is 4.98 Å². The molecule has 0 aliphatic carbocycles. The standard InChI is InChI=1S/C15H21N3O3/c1-5-16-10(2)13-7-6-12(19-4)8-14(13)20-9-15-17-11(3)21-18-15/h6-8,10,16H,5,9H2,1-4H3. The Labute approximate surface area is 124 Å². The Bertz CT molecular complexity index is 583. The molecule has 0 saturated carbocycles. The van der Waals surface area contributed by atoms with Crippen molar-refractivity contribution in [1.82, 2.24) is 15.5 Å². The molecule has 114 valence electrons. The molecule has 0 amide bonds. The van der Waals surface area contributed by atoms with Gasteiger partial charge in [0.25, 0.3) is 0 Å². The van der Waals surface area contributed by atoms with Crippen LogP contribution >= 0.6 is 0 Å². The number of aromatic nitrogens is 2. The molecule has 1 unspecified atom stereocenters. The molecule has 0 aliphatic rings. The fourth-order valence-electron chi connectivity index (χ4n) is 2.08. The van der Waals surface area contributed by atoms with Crippen LogP contribution in [0.1, 0.15) is 37.2 Å². The van der Waals surface area contributed by atoms with Gasteiger partial charge in [0.1, 0.15) is 11.5 Å². The van der Waals surface area contributed by atoms with Gasteiger partial charge in [0.05, 0.1) is 7.11 Å². The summed E-state index contributed by atoms with van der Waals surface area (Å²) in [6, 6.07) is 5.98. The molecule has 1 aromatic carbocycles. The summed E-state index contributed by atoms with van der Waals surface area (Å²) >= 11 is 0. The third-order valence-corrected chi connectivity index (χ3v) is 3.12. The molecule has 1 N–H and O–H groups in total. The average molecular weight is 291 g/mol. The van der Waals surface area contributed by atoms with Crippen molar-refractivity contribution in [3.63, 3.8) is 0 Å². The largest absolute Gasteiger partial charge is 0.497 e. The molecular weight excluding hydrogens is 270 g/mol. The molecule has 1 atom stereocenters. The van der Waals surface area contributed by atoms with Crippen LogP contribution in [0.15, 0.2) is 22.7 Å². The van der Waals surface area contributed by atoms with Crippen molar-refractivity contribution >= 4 is 0 Å². The van der Waals surface area contributed by atoms with Gasteiger partial charge < -0.3 is 19.3 Å². The van der Waals surface area contributed by atoms with Crippen molar-refractivity contribution in [3.8, 4) is 11.5 Å². The fourth-order valence-corrected chi connectivity index (χ4v) is 2.08. The first kappa shape index (κ1) is 15.3. The van der Waals surface area contributed by atoms with Gasteiger partial charge in [0.2, 0.25) is 11.7 Å². The van der Waals surface area contributed by atoms with Gasteiger partial charge in [-0.25, -0.2) is 0 Å². The molecule has 6 nitrogen and oxygen atoms in total. The summed E-state index contributed by atoms with van der Waals surface area (Å²) < 4.78 is 16.0. The van der Waals surface area contributed by atoms with Gasteiger partial charge in [-0.15, -0.1) is 0 Å². The number of aryl methyl sites for hydroxylation is 1. The van der Waals surface area contributed by atoms with Crippen LogP contribution in [0.2, 0.25) is 0 Å². The zero-order valence-corrected chi connectivity index (χ0v) is 12.8. The van der Waals surface area contributed by atoms with E-state index in [2.05, 4.69) is 29.3 Å². The number of benzene rings is 1. The first-order chi connectivity index (χ1) is 10.1. The number of hydrogen-bond acceptors (Lipinski definition) is 6. The molecule has 0 saturated heterocycles. The summed E-state index contributed by atoms with van der Waals surface area (Å²) in [4.78, 5) is 4.13. The summed E-state index contributed by atoms with van der Waals surface area (Å²) in [6.07, 6.45) is 0. The molecule has 2 aromatic rings. The van der Waals surface area contributed by atoms with Crippen LogP contribution in [-0.4, -0.2) is 23.8 Å². The predicted octanol–water partition coefficient (Wildman–Crippen LogP) is 2.64. The molecule has 1 aromatic heterocycles. The fraction of sp³-hybridized carbons (Fsp3) is 0.467. The van der Waals surface area contributed by atoms with Crippen molar-refractivity contribution in [2.75, 3.05) is 13.7 Å². The van der Waals surface area contributed by atoms with E-state index >= 15 is 0 Å². The van der Waals surface area contributed by atoms with Crippen molar-refractivity contribution in [2.24, 2.45) is 0 Å². The second kappa shape index (κ2) is 7.08. The third kappa shape index (κ3) is 3.95. The van der Waals surface area contributed by atoms with E-state index in [9.17, 15) is 0 Å². The third-order valence-electron chi connectivity index (χ3n) is 3.12. The van der Waals surface area contributed by atoms with Crippen molar-refractivity contribution in [3.05, 3.63) is 35.5 Å². The molecule has 0 bridgehead atoms. The SMILES string of the molecule is CCNC(C)c1ccc(OC)cc1OCc1noc(C)n1. The topological polar surface area (TPSA) is 69.4 Å². The molecule has 0 spiro atoms. The lowest BCUT2D eigenvalue weighted by atomic mass is 10.1. The number of hydrogen-bond donors (Lipinski definition) is 1. The van der Waals surface area contributed by atoms with E-state index in [1.807, 2.05) is 18.2 Å². The zero-order valence-electron chi connectivity index (χ0n) is 12.8. The van der Waals surface area contributed by atoms with Gasteiger partial charge >= 0.3 is 0 Å². The Balaban J connectivity index is 2.17. The summed E-state index contributed by atoms with van der Waals surface area (Å²) in [7, 11) is 1.63. The Morgan fingerprint density at radius 3 is 2.81 bits per heavy atom. The van der Waals surface area contributed by atoms with Gasteiger partial charge in [0, 0.05) is 24.6 Å². The Hall–Kier alpha value is -2.08. The Kier molecular flexibility index (Phi) is 5.16. The maximum atomic E-state index is 5.84. The second-order valence-electron chi connectivity index (χ2n) is 4.70. The van der Waals surface area contributed by atoms with Crippen LogP contribution < -0.4 is 14.8 Å². The van der Waals surface area contributed by atoms with Crippen molar-refractivity contribution < 1.29 is 14.0 Å². The minimum atomic E-state index is 0.183. The lowest BCUT2D eigenvalue weighted by molar-refractivity contribution is 0.279. The van der Waals surface area contributed by atoms with Crippen molar-refractivity contribution in [1.29, 1.82) is 0 Å². The minimum absolute atomic E-state index is 0.183. The molecular formula is C15H21N3O3. The van der Waals surface area contributed by atoms with E-state index in [4.69, 9.17) is 14.0 Å². The molecule has 1 heterocycles. The van der Waals surface area contributed by atoms with Crippen LogP contribution in [-0.2, 0) is 6.61 Å². The van der Waals surface area contributed by atoms with E-state index in [0.717, 1.165) is 23.6 Å². The van der Waals surface area contributed by atoms with Gasteiger partial charge in [-0.05, 0) is 19.5 Å². The van der Waals surface area contributed by atoms with Gasteiger partial charge in [0.15, 0.2) is 6.61 Å². The van der Waals surface area contributed by atoms with E-state index in [1.165, 1.54) is 0 Å². The lowest BCUT2D eigenvalue weighted by Gasteiger charge is -2.18. The second-order valence-corrected chi connectivity index (χ2v) is 4.70. The summed E-state index contributed by atoms with van der Waals surface area (Å²) in [6.45, 7) is 7.06. The number of ether oxygens (including phenoxy) is 2. The summed E-state index contributed by atoms with van der Waals surface area (Å²) in [5, 5.41) is 7.20.